The first-order chi connectivity index (χ1) is 13.5. The predicted octanol–water partition coefficient (Wildman–Crippen LogP) is 5.71. The van der Waals surface area contributed by atoms with Crippen LogP contribution in [0.5, 0.6) is 0 Å². The van der Waals surface area contributed by atoms with E-state index in [-0.39, 0.29) is 5.91 Å². The third-order valence-corrected chi connectivity index (χ3v) is 5.17. The van der Waals surface area contributed by atoms with Crippen molar-refractivity contribution in [3.05, 3.63) is 29.5 Å². The van der Waals surface area contributed by atoms with E-state index in [1.807, 2.05) is 18.2 Å². The fourth-order valence-corrected chi connectivity index (χ4v) is 3.38. The van der Waals surface area contributed by atoms with Crippen LogP contribution in [-0.4, -0.2) is 23.4 Å². The van der Waals surface area contributed by atoms with Crippen LogP contribution in [-0.2, 0) is 4.79 Å². The number of hydrogen-bond donors (Lipinski definition) is 1. The average Bonchev–Trinajstić information content (AvgIpc) is 3.06. The van der Waals surface area contributed by atoms with Gasteiger partial charge in [-0.05, 0) is 56.9 Å². The highest BCUT2D eigenvalue weighted by molar-refractivity contribution is 7.10. The lowest BCUT2D eigenvalue weighted by atomic mass is 10.2. The maximum Gasteiger partial charge on any atom is 0.224 e. The Hall–Kier alpha value is -2.79. The summed E-state index contributed by atoms with van der Waals surface area (Å²) in [7, 11) is 0. The first-order valence-corrected chi connectivity index (χ1v) is 10.3. The van der Waals surface area contributed by atoms with E-state index in [9.17, 15) is 10.1 Å². The fourth-order valence-electron chi connectivity index (χ4n) is 2.70. The zero-order chi connectivity index (χ0) is 20.5. The van der Waals surface area contributed by atoms with Crippen molar-refractivity contribution in [2.24, 2.45) is 10.2 Å². The summed E-state index contributed by atoms with van der Waals surface area (Å²) in [6.07, 6.45) is 2.26. The van der Waals surface area contributed by atoms with Crippen molar-refractivity contribution in [3.63, 3.8) is 0 Å². The summed E-state index contributed by atoms with van der Waals surface area (Å²) >= 11 is 1.14. The molecule has 0 aliphatic heterocycles. The Labute approximate surface area is 170 Å². The Morgan fingerprint density at radius 3 is 2.68 bits per heavy atom. The number of hydrogen-bond acceptors (Lipinski definition) is 7. The summed E-state index contributed by atoms with van der Waals surface area (Å²) in [6.45, 7) is 9.74. The minimum absolute atomic E-state index is 0.0404. The molecule has 0 saturated carbocycles. The van der Waals surface area contributed by atoms with Gasteiger partial charge in [-0.25, -0.2) is 0 Å². The Balaban J connectivity index is 2.36. The van der Waals surface area contributed by atoms with E-state index in [4.69, 9.17) is 0 Å². The second-order valence-corrected chi connectivity index (χ2v) is 7.04. The molecule has 1 heterocycles. The van der Waals surface area contributed by atoms with Crippen LogP contribution in [0.1, 0.15) is 51.3 Å². The van der Waals surface area contributed by atoms with Crippen LogP contribution in [0.2, 0.25) is 0 Å². The molecule has 0 saturated heterocycles. The number of carbonyl (C=O) groups is 1. The molecular formula is C20H26N6OS. The summed E-state index contributed by atoms with van der Waals surface area (Å²) in [5, 5.41) is 21.2. The molecule has 2 aromatic rings. The largest absolute Gasteiger partial charge is 0.372 e. The van der Waals surface area contributed by atoms with E-state index < -0.39 is 0 Å². The molecule has 2 rings (SSSR count). The zero-order valence-corrected chi connectivity index (χ0v) is 17.6. The van der Waals surface area contributed by atoms with Gasteiger partial charge in [0.05, 0.1) is 11.4 Å². The molecule has 0 aliphatic rings. The van der Waals surface area contributed by atoms with Gasteiger partial charge in [0.1, 0.15) is 17.3 Å². The molecule has 0 bridgehead atoms. The maximum absolute atomic E-state index is 12.3. The quantitative estimate of drug-likeness (QED) is 0.547. The smallest absolute Gasteiger partial charge is 0.224 e. The molecule has 0 spiro atoms. The van der Waals surface area contributed by atoms with Gasteiger partial charge in [0.2, 0.25) is 5.91 Å². The van der Waals surface area contributed by atoms with Crippen molar-refractivity contribution in [1.29, 1.82) is 5.26 Å². The molecule has 0 aliphatic carbocycles. The summed E-state index contributed by atoms with van der Waals surface area (Å²) in [5.41, 5.74) is 3.26. The topological polar surface area (TPSA) is 93.7 Å². The summed E-state index contributed by atoms with van der Waals surface area (Å²) in [6, 6.07) is 7.84. The van der Waals surface area contributed by atoms with E-state index in [0.717, 1.165) is 43.2 Å². The lowest BCUT2D eigenvalue weighted by Crippen LogP contribution is -2.22. The number of amides is 1. The predicted molar refractivity (Wildman–Crippen MR) is 114 cm³/mol. The molecule has 8 heteroatoms. The van der Waals surface area contributed by atoms with Crippen molar-refractivity contribution in [2.75, 3.05) is 23.3 Å². The second kappa shape index (κ2) is 10.5. The van der Waals surface area contributed by atoms with E-state index in [2.05, 4.69) is 51.7 Å². The number of nitriles is 1. The first-order valence-electron chi connectivity index (χ1n) is 9.50. The van der Waals surface area contributed by atoms with Gasteiger partial charge < -0.3 is 10.2 Å². The van der Waals surface area contributed by atoms with Crippen molar-refractivity contribution in [1.82, 2.24) is 4.37 Å². The van der Waals surface area contributed by atoms with Gasteiger partial charge in [-0.2, -0.15) is 9.64 Å². The van der Waals surface area contributed by atoms with E-state index in [0.29, 0.717) is 34.1 Å². The van der Waals surface area contributed by atoms with E-state index >= 15 is 0 Å². The molecule has 0 unspecified atom stereocenters. The minimum atomic E-state index is -0.0404. The molecule has 1 amide bonds. The average molecular weight is 399 g/mol. The van der Waals surface area contributed by atoms with Gasteiger partial charge in [-0.3, -0.25) is 4.79 Å². The molecule has 0 fully saturated rings. The first kappa shape index (κ1) is 21.5. The van der Waals surface area contributed by atoms with Gasteiger partial charge in [-0.1, -0.05) is 13.3 Å². The molecule has 28 heavy (non-hydrogen) atoms. The normalized spacial score (nSPS) is 10.8. The number of nitrogens with zero attached hydrogens (tertiary/aromatic N) is 5. The number of azo groups is 1. The number of anilines is 2. The standard InChI is InChI=1S/C20H26N6OS/c1-5-8-9-19(27)22-18-12-15(26(6-2)7-3)10-11-17(18)23-24-20-16(13-21)14(4)25-28-20/h10-12H,5-9H2,1-4H3,(H,22,27). The highest BCUT2D eigenvalue weighted by atomic mass is 32.1. The second-order valence-electron chi connectivity index (χ2n) is 6.29. The van der Waals surface area contributed by atoms with Crippen LogP contribution >= 0.6 is 11.5 Å². The van der Waals surface area contributed by atoms with Crippen LogP contribution in [0.15, 0.2) is 28.4 Å². The third kappa shape index (κ3) is 5.36. The number of carbonyl (C=O) groups excluding carboxylic acids is 1. The number of nitrogens with one attached hydrogen (secondary N) is 1. The molecule has 1 aromatic carbocycles. The van der Waals surface area contributed by atoms with E-state index in [1.165, 1.54) is 0 Å². The Bertz CT molecular complexity index is 879. The van der Waals surface area contributed by atoms with Crippen LogP contribution in [0.3, 0.4) is 0 Å². The van der Waals surface area contributed by atoms with Gasteiger partial charge in [0.25, 0.3) is 0 Å². The molecule has 7 nitrogen and oxygen atoms in total. The van der Waals surface area contributed by atoms with Crippen molar-refractivity contribution in [2.45, 2.75) is 47.0 Å². The molecular weight excluding hydrogens is 372 g/mol. The van der Waals surface area contributed by atoms with Crippen LogP contribution in [0.25, 0.3) is 0 Å². The molecule has 1 aromatic heterocycles. The SMILES string of the molecule is CCCCC(=O)Nc1cc(N(CC)CC)ccc1N=Nc1snc(C)c1C#N. The number of benzene rings is 1. The summed E-state index contributed by atoms with van der Waals surface area (Å²) < 4.78 is 4.15. The van der Waals surface area contributed by atoms with Crippen molar-refractivity contribution >= 4 is 39.5 Å². The molecule has 0 radical (unpaired) electrons. The molecule has 0 atom stereocenters. The van der Waals surface area contributed by atoms with E-state index in [1.54, 1.807) is 6.92 Å². The van der Waals surface area contributed by atoms with Crippen LogP contribution in [0.4, 0.5) is 22.1 Å². The lowest BCUT2D eigenvalue weighted by molar-refractivity contribution is -0.116. The van der Waals surface area contributed by atoms with Crippen molar-refractivity contribution in [3.8, 4) is 6.07 Å². The number of aromatic nitrogens is 1. The van der Waals surface area contributed by atoms with Gasteiger partial charge >= 0.3 is 0 Å². The maximum atomic E-state index is 12.3. The zero-order valence-electron chi connectivity index (χ0n) is 16.8. The Morgan fingerprint density at radius 2 is 2.04 bits per heavy atom. The number of rotatable bonds is 9. The fraction of sp³-hybridized carbons (Fsp3) is 0.450. The van der Waals surface area contributed by atoms with Gasteiger partial charge in [-0.15, -0.1) is 10.2 Å². The summed E-state index contributed by atoms with van der Waals surface area (Å²) in [5.74, 6) is -0.0404. The minimum Gasteiger partial charge on any atom is -0.372 e. The Morgan fingerprint density at radius 1 is 1.29 bits per heavy atom. The molecule has 1 N–H and O–H groups in total. The van der Waals surface area contributed by atoms with Crippen LogP contribution < -0.4 is 10.2 Å². The van der Waals surface area contributed by atoms with Gasteiger partial charge in [0.15, 0.2) is 5.00 Å². The lowest BCUT2D eigenvalue weighted by Gasteiger charge is -2.22. The number of unbranched alkanes of at least 4 members (excludes halogenated alkanes) is 1. The highest BCUT2D eigenvalue weighted by Gasteiger charge is 2.12. The molecule has 148 valence electrons. The van der Waals surface area contributed by atoms with Gasteiger partial charge in [0, 0.05) is 25.2 Å². The highest BCUT2D eigenvalue weighted by Crippen LogP contribution is 2.34. The van der Waals surface area contributed by atoms with Crippen LogP contribution in [0, 0.1) is 18.3 Å². The van der Waals surface area contributed by atoms with Crippen molar-refractivity contribution < 1.29 is 4.79 Å². The third-order valence-electron chi connectivity index (χ3n) is 4.35. The summed E-state index contributed by atoms with van der Waals surface area (Å²) in [4.78, 5) is 14.5. The monoisotopic (exact) mass is 398 g/mol. The Kier molecular flexibility index (Phi) is 8.08. The number of aryl methyl sites for hydroxylation is 1.